The summed E-state index contributed by atoms with van der Waals surface area (Å²) in [7, 11) is 3.85. The van der Waals surface area contributed by atoms with Crippen LogP contribution in [-0.4, -0.2) is 80.0 Å². The molecule has 1 aliphatic rings. The number of aromatic amines is 1. The molecule has 3 aromatic carbocycles. The number of anilines is 2. The van der Waals surface area contributed by atoms with Gasteiger partial charge < -0.3 is 25.1 Å². The molecule has 0 atom stereocenters. The fourth-order valence-corrected chi connectivity index (χ4v) is 5.13. The normalized spacial score (nSPS) is 13.9. The number of amides is 1. The Morgan fingerprint density at radius 1 is 1.08 bits per heavy atom. The summed E-state index contributed by atoms with van der Waals surface area (Å²) in [4.78, 5) is 17.5. The van der Waals surface area contributed by atoms with Crippen LogP contribution in [0.1, 0.15) is 0 Å². The van der Waals surface area contributed by atoms with Crippen molar-refractivity contribution in [2.75, 3.05) is 63.2 Å². The van der Waals surface area contributed by atoms with Crippen LogP contribution in [0, 0.1) is 5.82 Å². The van der Waals surface area contributed by atoms with Crippen molar-refractivity contribution < 1.29 is 14.3 Å². The van der Waals surface area contributed by atoms with Gasteiger partial charge >= 0.3 is 0 Å². The van der Waals surface area contributed by atoms with Crippen molar-refractivity contribution >= 4 is 40.3 Å². The van der Waals surface area contributed by atoms with Crippen molar-refractivity contribution in [3.63, 3.8) is 0 Å². The number of nitrogens with zero attached hydrogens (tertiary/aromatic N) is 4. The number of piperazine rings is 1. The number of likely N-dealkylation sites (N-methyl/N-ethyl adjacent to an activating group) is 1. The van der Waals surface area contributed by atoms with Crippen molar-refractivity contribution in [1.82, 2.24) is 20.4 Å². The van der Waals surface area contributed by atoms with Crippen molar-refractivity contribution in [3.8, 4) is 28.0 Å². The standard InChI is InChI=1S/C28H30ClFN6O2/c1-34(2)9-10-36(17-37)26-4-3-18(11-24(26)29)21-14-20(30)15-22(28(21)38)19-12-25-23(16-32-33-25)27(13-19)35-7-5-31-6-8-35/h3-4,11-17,31,38H,5-10H2,1-2H3,(H,32,33). The number of hydrogen-bond acceptors (Lipinski definition) is 6. The molecule has 1 aromatic heterocycles. The number of carbonyl (C=O) groups is 1. The zero-order valence-electron chi connectivity index (χ0n) is 21.3. The molecule has 0 saturated carbocycles. The predicted octanol–water partition coefficient (Wildman–Crippen LogP) is 4.33. The monoisotopic (exact) mass is 536 g/mol. The molecule has 0 unspecified atom stereocenters. The molecule has 0 aliphatic carbocycles. The minimum Gasteiger partial charge on any atom is -0.507 e. The Kier molecular flexibility index (Phi) is 7.51. The first-order valence-corrected chi connectivity index (χ1v) is 12.9. The van der Waals surface area contributed by atoms with E-state index in [9.17, 15) is 14.3 Å². The van der Waals surface area contributed by atoms with Gasteiger partial charge in [0, 0.05) is 61.5 Å². The Bertz CT molecular complexity index is 1470. The van der Waals surface area contributed by atoms with Crippen molar-refractivity contribution in [1.29, 1.82) is 0 Å². The zero-order valence-corrected chi connectivity index (χ0v) is 22.1. The SMILES string of the molecule is CN(C)CCN(C=O)c1ccc(-c2cc(F)cc(-c3cc(N4CCNCC4)c4cn[nH]c4c3)c2O)cc1Cl. The lowest BCUT2D eigenvalue weighted by Crippen LogP contribution is -2.43. The number of phenols is 1. The Morgan fingerprint density at radius 2 is 1.82 bits per heavy atom. The van der Waals surface area contributed by atoms with Gasteiger partial charge in [0.05, 0.1) is 22.4 Å². The second-order valence-corrected chi connectivity index (χ2v) is 10.1. The van der Waals surface area contributed by atoms with Crippen LogP contribution in [0.3, 0.4) is 0 Å². The number of benzene rings is 3. The molecule has 0 bridgehead atoms. The summed E-state index contributed by atoms with van der Waals surface area (Å²) in [6.45, 7) is 4.54. The predicted molar refractivity (Wildman–Crippen MR) is 151 cm³/mol. The van der Waals surface area contributed by atoms with E-state index in [-0.39, 0.29) is 5.75 Å². The summed E-state index contributed by atoms with van der Waals surface area (Å²) in [5, 5.41) is 23.3. The second kappa shape index (κ2) is 11.0. The number of carbonyl (C=O) groups excluding carboxylic acids is 1. The molecule has 1 amide bonds. The number of phenolic OH excluding ortho intramolecular Hbond substituents is 1. The summed E-state index contributed by atoms with van der Waals surface area (Å²) in [6, 6.07) is 11.6. The number of aromatic nitrogens is 2. The molecule has 10 heteroatoms. The van der Waals surface area contributed by atoms with Crippen molar-refractivity contribution in [2.45, 2.75) is 0 Å². The lowest BCUT2D eigenvalue weighted by Gasteiger charge is -2.30. The molecule has 4 aromatic rings. The molecular weight excluding hydrogens is 507 g/mol. The van der Waals surface area contributed by atoms with E-state index in [2.05, 4.69) is 20.4 Å². The van der Waals surface area contributed by atoms with Crippen LogP contribution in [0.4, 0.5) is 15.8 Å². The molecule has 0 spiro atoms. The topological polar surface area (TPSA) is 87.7 Å². The Hall–Kier alpha value is -3.66. The van der Waals surface area contributed by atoms with Gasteiger partial charge in [0.1, 0.15) is 11.6 Å². The van der Waals surface area contributed by atoms with Crippen LogP contribution in [0.2, 0.25) is 5.02 Å². The minimum atomic E-state index is -0.484. The average Bonchev–Trinajstić information content (AvgIpc) is 3.39. The fourth-order valence-electron chi connectivity index (χ4n) is 4.84. The lowest BCUT2D eigenvalue weighted by atomic mass is 9.95. The highest BCUT2D eigenvalue weighted by Crippen LogP contribution is 2.43. The first kappa shape index (κ1) is 26.0. The van der Waals surface area contributed by atoms with E-state index in [1.165, 1.54) is 17.0 Å². The third-order valence-corrected chi connectivity index (χ3v) is 7.17. The van der Waals surface area contributed by atoms with Crippen LogP contribution < -0.4 is 15.1 Å². The maximum Gasteiger partial charge on any atom is 0.214 e. The molecule has 8 nitrogen and oxygen atoms in total. The van der Waals surface area contributed by atoms with Crippen LogP contribution in [0.15, 0.2) is 48.7 Å². The fraction of sp³-hybridized carbons (Fsp3) is 0.286. The number of rotatable bonds is 8. The van der Waals surface area contributed by atoms with Crippen LogP contribution in [0.5, 0.6) is 5.75 Å². The van der Waals surface area contributed by atoms with Crippen LogP contribution in [-0.2, 0) is 4.79 Å². The van der Waals surface area contributed by atoms with Crippen LogP contribution in [0.25, 0.3) is 33.2 Å². The number of H-pyrrole nitrogens is 1. The highest BCUT2D eigenvalue weighted by Gasteiger charge is 2.20. The van der Waals surface area contributed by atoms with E-state index in [4.69, 9.17) is 11.6 Å². The van der Waals surface area contributed by atoms with Gasteiger partial charge in [-0.25, -0.2) is 4.39 Å². The van der Waals surface area contributed by atoms with Gasteiger partial charge in [0.15, 0.2) is 0 Å². The average molecular weight is 537 g/mol. The van der Waals surface area contributed by atoms with Crippen LogP contribution >= 0.6 is 11.6 Å². The number of hydrogen-bond donors (Lipinski definition) is 3. The molecule has 1 saturated heterocycles. The molecule has 1 aliphatic heterocycles. The van der Waals surface area contributed by atoms with Gasteiger partial charge in [0.25, 0.3) is 0 Å². The summed E-state index contributed by atoms with van der Waals surface area (Å²) < 4.78 is 15.0. The molecule has 3 N–H and O–H groups in total. The van der Waals surface area contributed by atoms with Gasteiger partial charge in [-0.1, -0.05) is 17.7 Å². The maximum atomic E-state index is 15.0. The molecule has 2 heterocycles. The van der Waals surface area contributed by atoms with Gasteiger partial charge in [-0.3, -0.25) is 9.89 Å². The maximum absolute atomic E-state index is 15.0. The highest BCUT2D eigenvalue weighted by atomic mass is 35.5. The third-order valence-electron chi connectivity index (χ3n) is 6.86. The minimum absolute atomic E-state index is 0.0554. The van der Waals surface area contributed by atoms with Crippen molar-refractivity contribution in [3.05, 3.63) is 59.5 Å². The number of nitrogens with one attached hydrogen (secondary N) is 2. The van der Waals surface area contributed by atoms with Gasteiger partial charge in [-0.05, 0) is 61.6 Å². The largest absolute Gasteiger partial charge is 0.507 e. The Labute approximate surface area is 225 Å². The van der Waals surface area contributed by atoms with Gasteiger partial charge in [-0.15, -0.1) is 0 Å². The van der Waals surface area contributed by atoms with E-state index in [1.807, 2.05) is 31.1 Å². The van der Waals surface area contributed by atoms with E-state index in [0.717, 1.165) is 49.2 Å². The molecule has 198 valence electrons. The molecular formula is C28H30ClFN6O2. The molecule has 5 rings (SSSR count). The van der Waals surface area contributed by atoms with Gasteiger partial charge in [-0.2, -0.15) is 5.10 Å². The first-order valence-electron chi connectivity index (χ1n) is 12.5. The van der Waals surface area contributed by atoms with Crippen molar-refractivity contribution in [2.24, 2.45) is 0 Å². The summed E-state index contributed by atoms with van der Waals surface area (Å²) in [5.41, 5.74) is 4.24. The first-order chi connectivity index (χ1) is 18.4. The quantitative estimate of drug-likeness (QED) is 0.291. The smallest absolute Gasteiger partial charge is 0.214 e. The van der Waals surface area contributed by atoms with E-state index in [1.54, 1.807) is 24.4 Å². The molecule has 1 fully saturated rings. The van der Waals surface area contributed by atoms with E-state index in [0.29, 0.717) is 46.1 Å². The highest BCUT2D eigenvalue weighted by molar-refractivity contribution is 6.34. The summed E-state index contributed by atoms with van der Waals surface area (Å²) in [5.74, 6) is -0.540. The third kappa shape index (κ3) is 5.18. The number of aromatic hydroxyl groups is 1. The van der Waals surface area contributed by atoms with Gasteiger partial charge in [0.2, 0.25) is 6.41 Å². The summed E-state index contributed by atoms with van der Waals surface area (Å²) in [6.07, 6.45) is 2.53. The zero-order chi connectivity index (χ0) is 26.8. The second-order valence-electron chi connectivity index (χ2n) is 9.68. The number of fused-ring (bicyclic) bond motifs is 1. The number of halogens is 2. The molecule has 0 radical (unpaired) electrons. The Balaban J connectivity index is 1.55. The summed E-state index contributed by atoms with van der Waals surface area (Å²) >= 11 is 6.57. The Morgan fingerprint density at radius 3 is 2.50 bits per heavy atom. The van der Waals surface area contributed by atoms with E-state index >= 15 is 0 Å². The molecule has 38 heavy (non-hydrogen) atoms. The van der Waals surface area contributed by atoms with E-state index < -0.39 is 5.82 Å². The lowest BCUT2D eigenvalue weighted by molar-refractivity contribution is -0.107.